The maximum Gasteiger partial charge on any atom is 0.410 e. The molecule has 1 aliphatic carbocycles. The van der Waals surface area contributed by atoms with Crippen LogP contribution in [-0.2, 0) is 68.6 Å². The average Bonchev–Trinajstić information content (AvgIpc) is 1.67. The Balaban J connectivity index is 1.02. The number of hydrogen-bond donors (Lipinski definition) is 4. The molecule has 0 unspecified atom stereocenters. The molecule has 2 saturated heterocycles. The fourth-order valence-electron chi connectivity index (χ4n) is 14.8. The molecule has 4 N–H and O–H groups in total. The Bertz CT molecular complexity index is 3450. The topological polar surface area (TPSA) is 292 Å². The number of Topliss-reactive ketones (excluding diaryl/α,β-unsaturated/α-hetero) is 2. The van der Waals surface area contributed by atoms with Gasteiger partial charge >= 0.3 is 24.1 Å². The zero-order chi connectivity index (χ0) is 74.1. The Morgan fingerprint density at radius 2 is 1.40 bits per heavy atom. The van der Waals surface area contributed by atoms with E-state index in [1.54, 1.807) is 57.5 Å². The van der Waals surface area contributed by atoms with E-state index in [1.165, 1.54) is 45.2 Å². The lowest BCUT2D eigenvalue weighted by atomic mass is 9.80. The van der Waals surface area contributed by atoms with Crippen molar-refractivity contribution < 1.29 is 86.5 Å². The Hall–Kier alpha value is -8.25. The molecular weight excluding hydrogens is 1290 g/mol. The molecule has 3 aliphatic rings. The third-order valence-corrected chi connectivity index (χ3v) is 21.0. The third-order valence-electron chi connectivity index (χ3n) is 21.0. The Morgan fingerprint density at radius 3 is 1.99 bits per heavy atom. The van der Waals surface area contributed by atoms with Crippen LogP contribution in [0.1, 0.15) is 155 Å². The maximum atomic E-state index is 15.0. The zero-order valence-electron chi connectivity index (χ0n) is 61.4. The first-order chi connectivity index (χ1) is 48.1. The number of benzene rings is 4. The Kier molecular flexibility index (Phi) is 29.4. The van der Waals surface area contributed by atoms with Gasteiger partial charge in [-0.05, 0) is 87.9 Å². The molecule has 23 nitrogen and oxygen atoms in total. The summed E-state index contributed by atoms with van der Waals surface area (Å²) in [4.78, 5) is 129. The van der Waals surface area contributed by atoms with Gasteiger partial charge in [-0.2, -0.15) is 0 Å². The quantitative estimate of drug-likeness (QED) is 0.0250. The van der Waals surface area contributed by atoms with Crippen LogP contribution in [0, 0.1) is 53.3 Å². The lowest BCUT2D eigenvalue weighted by molar-refractivity contribution is -0.248. The van der Waals surface area contributed by atoms with E-state index < -0.39 is 114 Å². The van der Waals surface area contributed by atoms with Crippen molar-refractivity contribution >= 4 is 59.1 Å². The van der Waals surface area contributed by atoms with Crippen molar-refractivity contribution in [3.63, 3.8) is 0 Å². The van der Waals surface area contributed by atoms with Crippen LogP contribution in [0.5, 0.6) is 5.75 Å². The standard InChI is InChI=1S/C78H107N5O18/c1-16-46(6)70(66(95-14)40-68(89)83-36-24-31-62(83)59(41-84)50(10)63(86)37-47(7)71(90)53-25-18-17-19-26-53)81(12)74(91)58(44(2)3)39-64(87)69(45(4)5)82(13)78(94)98-42-52-32-33-65(100-76-73(99-51(11)85)49(9)48(8)72(101-76)75(92)96-15)61(38-52)80-67(88)34-35-79-77(93)97-43-60-56-29-22-20-27-54(56)55-28-21-23-30-57(55)60/h17-23,25-30,32-33,38,44-50,58-60,62,66,69-73,76,84,90H,16,24,31,34-37,39-43H2,1-15H3,(H,79,93)(H,80,88)/t46-,47-,48-,49-,50+,58-,59+,62-,66+,69-,70-,71+,72-,73+,76+/m0/s1. The monoisotopic (exact) mass is 1400 g/mol. The highest BCUT2D eigenvalue weighted by Crippen LogP contribution is 2.45. The number of methoxy groups -OCH3 is 2. The number of aliphatic hydroxyl groups excluding tert-OH is 2. The van der Waals surface area contributed by atoms with Gasteiger partial charge in [0.15, 0.2) is 18.0 Å². The summed E-state index contributed by atoms with van der Waals surface area (Å²) in [6, 6.07) is 27.5. The molecule has 101 heavy (non-hydrogen) atoms. The van der Waals surface area contributed by atoms with Crippen molar-refractivity contribution in [2.45, 2.75) is 182 Å². The average molecular weight is 1400 g/mol. The summed E-state index contributed by atoms with van der Waals surface area (Å²) >= 11 is 0. The maximum absolute atomic E-state index is 15.0. The molecule has 0 radical (unpaired) electrons. The number of esters is 2. The predicted octanol–water partition coefficient (Wildman–Crippen LogP) is 10.7. The lowest BCUT2D eigenvalue weighted by Gasteiger charge is -2.42. The van der Waals surface area contributed by atoms with E-state index in [9.17, 15) is 48.6 Å². The van der Waals surface area contributed by atoms with Crippen LogP contribution >= 0.6 is 0 Å². The van der Waals surface area contributed by atoms with E-state index in [-0.39, 0.29) is 111 Å². The molecule has 23 heteroatoms. The first-order valence-corrected chi connectivity index (χ1v) is 35.5. The highest BCUT2D eigenvalue weighted by molar-refractivity contribution is 5.93. The second-order valence-corrected chi connectivity index (χ2v) is 28.4. The minimum Gasteiger partial charge on any atom is -0.467 e. The van der Waals surface area contributed by atoms with Gasteiger partial charge in [-0.1, -0.05) is 161 Å². The number of nitrogens with one attached hydrogen (secondary N) is 2. The summed E-state index contributed by atoms with van der Waals surface area (Å²) < 4.78 is 41.0. The smallest absolute Gasteiger partial charge is 0.410 e. The van der Waals surface area contributed by atoms with Crippen LogP contribution in [0.2, 0.25) is 0 Å². The second-order valence-electron chi connectivity index (χ2n) is 28.4. The number of carbonyl (C=O) groups is 9. The Morgan fingerprint density at radius 1 is 0.752 bits per heavy atom. The summed E-state index contributed by atoms with van der Waals surface area (Å²) in [5, 5.41) is 27.4. The van der Waals surface area contributed by atoms with E-state index in [0.29, 0.717) is 36.9 Å². The normalized spacial score (nSPS) is 20.7. The number of aliphatic hydroxyl groups is 2. The summed E-state index contributed by atoms with van der Waals surface area (Å²) in [5.41, 5.74) is 5.35. The molecule has 0 aromatic heterocycles. The number of likely N-dealkylation sites (tertiary alicyclic amines) is 1. The fourth-order valence-corrected chi connectivity index (χ4v) is 14.8. The van der Waals surface area contributed by atoms with E-state index in [1.807, 2.05) is 113 Å². The van der Waals surface area contributed by atoms with Crippen LogP contribution < -0.4 is 15.4 Å². The van der Waals surface area contributed by atoms with Crippen LogP contribution in [0.4, 0.5) is 15.3 Å². The van der Waals surface area contributed by atoms with Gasteiger partial charge in [-0.25, -0.2) is 14.4 Å². The number of carbonyl (C=O) groups excluding carboxylic acids is 9. The minimum absolute atomic E-state index is 0.0156. The van der Waals surface area contributed by atoms with Crippen molar-refractivity contribution in [2.75, 3.05) is 59.9 Å². The SMILES string of the molecule is CC[C@H](C)[C@@H]([C@@H](CC(=O)N1CCC[C@H]1[C@H](CO)[C@@H](C)C(=O)C[C@H](C)[C@@H](O)c1ccccc1)OC)N(C)C(=O)[C@@H](CC(=O)[C@H](C(C)C)N(C)C(=O)OCc1ccc(O[C@@H]2O[C@H](C(=O)OC)[C@@H](C)[C@H](C)[C@H]2OC(C)=O)c(NC(=O)CCNC(=O)OCC2c3ccccc3-c3ccccc32)c1)C(C)C. The van der Waals surface area contributed by atoms with Gasteiger partial charge in [0.2, 0.25) is 24.0 Å². The number of nitrogens with zero attached hydrogens (tertiary/aromatic N) is 3. The highest BCUT2D eigenvalue weighted by atomic mass is 16.7. The summed E-state index contributed by atoms with van der Waals surface area (Å²) in [6.45, 7) is 19.3. The van der Waals surface area contributed by atoms with Crippen molar-refractivity contribution in [3.05, 3.63) is 119 Å². The van der Waals surface area contributed by atoms with Crippen molar-refractivity contribution in [1.29, 1.82) is 0 Å². The van der Waals surface area contributed by atoms with Gasteiger partial charge in [-0.3, -0.25) is 28.8 Å². The number of amides is 5. The van der Waals surface area contributed by atoms with E-state index in [0.717, 1.165) is 22.3 Å². The summed E-state index contributed by atoms with van der Waals surface area (Å²) in [6.07, 6.45) is -5.37. The lowest BCUT2D eigenvalue weighted by Crippen LogP contribution is -2.55. The summed E-state index contributed by atoms with van der Waals surface area (Å²) in [5.74, 6) is -7.49. The minimum atomic E-state index is -1.38. The van der Waals surface area contributed by atoms with Crippen molar-refractivity contribution in [2.24, 2.45) is 53.3 Å². The number of ketones is 2. The molecule has 7 rings (SSSR count). The first-order valence-electron chi connectivity index (χ1n) is 35.5. The van der Waals surface area contributed by atoms with Gasteiger partial charge < -0.3 is 68.7 Å². The first kappa shape index (κ1) is 80.1. The van der Waals surface area contributed by atoms with Crippen LogP contribution in [0.3, 0.4) is 0 Å². The van der Waals surface area contributed by atoms with Gasteiger partial charge in [0.05, 0.1) is 43.5 Å². The number of alkyl carbamates (subject to hydrolysis) is 1. The molecule has 0 spiro atoms. The van der Waals surface area contributed by atoms with Crippen LogP contribution in [-0.4, -0.2) is 176 Å². The molecule has 2 heterocycles. The van der Waals surface area contributed by atoms with Crippen molar-refractivity contribution in [1.82, 2.24) is 20.0 Å². The van der Waals surface area contributed by atoms with E-state index in [2.05, 4.69) is 10.6 Å². The molecule has 552 valence electrons. The largest absolute Gasteiger partial charge is 0.467 e. The Labute approximate surface area is 595 Å². The van der Waals surface area contributed by atoms with Crippen molar-refractivity contribution in [3.8, 4) is 16.9 Å². The zero-order valence-corrected chi connectivity index (χ0v) is 61.4. The number of fused-ring (bicyclic) bond motifs is 3. The molecular formula is C78H107N5O18. The summed E-state index contributed by atoms with van der Waals surface area (Å²) in [7, 11) is 5.83. The molecule has 4 aromatic carbocycles. The third kappa shape index (κ3) is 19.9. The van der Waals surface area contributed by atoms with Crippen LogP contribution in [0.25, 0.3) is 11.1 Å². The predicted molar refractivity (Wildman–Crippen MR) is 379 cm³/mol. The van der Waals surface area contributed by atoms with Gasteiger partial charge in [0.1, 0.15) is 24.7 Å². The number of likely N-dealkylation sites (N-methyl/N-ethyl adjacent to an activating group) is 2. The van der Waals surface area contributed by atoms with E-state index >= 15 is 4.79 Å². The van der Waals surface area contributed by atoms with Gasteiger partial charge in [0, 0.05) is 103 Å². The molecule has 15 atom stereocenters. The number of anilines is 1. The second kappa shape index (κ2) is 37.1. The number of hydrogen-bond acceptors (Lipinski definition) is 18. The van der Waals surface area contributed by atoms with E-state index in [4.69, 9.17) is 33.2 Å². The van der Waals surface area contributed by atoms with Gasteiger partial charge in [-0.15, -0.1) is 0 Å². The van der Waals surface area contributed by atoms with Crippen LogP contribution in [0.15, 0.2) is 97.1 Å². The highest BCUT2D eigenvalue weighted by Gasteiger charge is 2.49. The molecule has 2 fully saturated rings. The molecule has 0 saturated carbocycles. The molecule has 4 aromatic rings. The molecule has 0 bridgehead atoms. The number of ether oxygens (including phenoxy) is 7. The van der Waals surface area contributed by atoms with Gasteiger partial charge in [0.25, 0.3) is 0 Å². The molecule has 2 aliphatic heterocycles. The molecule has 5 amide bonds. The fraction of sp³-hybridized carbons (Fsp3) is 0.577. The number of rotatable bonds is 34.